The van der Waals surface area contributed by atoms with Crippen molar-refractivity contribution in [3.8, 4) is 0 Å². The molecule has 0 aromatic rings. The Hall–Kier alpha value is -1.36. The molecule has 0 aromatic carbocycles. The first-order chi connectivity index (χ1) is 6.68. The van der Waals surface area contributed by atoms with E-state index in [4.69, 9.17) is 9.84 Å². The van der Waals surface area contributed by atoms with Crippen molar-refractivity contribution in [2.45, 2.75) is 18.9 Å². The van der Waals surface area contributed by atoms with E-state index in [2.05, 4.69) is 5.32 Å². The van der Waals surface area contributed by atoms with E-state index in [0.29, 0.717) is 6.54 Å². The van der Waals surface area contributed by atoms with Crippen molar-refractivity contribution in [2.75, 3.05) is 13.2 Å². The third kappa shape index (κ3) is 4.04. The lowest BCUT2D eigenvalue weighted by molar-refractivity contribution is -0.131. The second kappa shape index (κ2) is 5.39. The molecule has 0 aromatic heterocycles. The molecule has 14 heavy (non-hydrogen) atoms. The zero-order valence-electron chi connectivity index (χ0n) is 7.73. The second-order valence-electron chi connectivity index (χ2n) is 3.05. The summed E-state index contributed by atoms with van der Waals surface area (Å²) in [6.07, 6.45) is 3.86. The van der Waals surface area contributed by atoms with Gasteiger partial charge in [-0.2, -0.15) is 0 Å². The van der Waals surface area contributed by atoms with E-state index in [0.717, 1.165) is 31.6 Å². The largest absolute Gasteiger partial charge is 0.478 e. The molecule has 1 aliphatic rings. The Balaban J connectivity index is 2.17. The summed E-state index contributed by atoms with van der Waals surface area (Å²) in [6.45, 7) is 1.19. The quantitative estimate of drug-likeness (QED) is 0.621. The number of rotatable bonds is 4. The van der Waals surface area contributed by atoms with Gasteiger partial charge in [-0.1, -0.05) is 0 Å². The van der Waals surface area contributed by atoms with Crippen LogP contribution in [0.5, 0.6) is 0 Å². The summed E-state index contributed by atoms with van der Waals surface area (Å²) in [5, 5.41) is 10.8. The molecule has 5 nitrogen and oxygen atoms in total. The van der Waals surface area contributed by atoms with Crippen LogP contribution < -0.4 is 5.32 Å². The Morgan fingerprint density at radius 2 is 2.29 bits per heavy atom. The molecule has 0 saturated carbocycles. The average Bonchev–Trinajstić information content (AvgIpc) is 2.63. The van der Waals surface area contributed by atoms with Gasteiger partial charge in [-0.25, -0.2) is 4.79 Å². The number of hydrogen-bond donors (Lipinski definition) is 2. The van der Waals surface area contributed by atoms with Crippen molar-refractivity contribution >= 4 is 11.9 Å². The Morgan fingerprint density at radius 1 is 1.50 bits per heavy atom. The lowest BCUT2D eigenvalue weighted by atomic mass is 10.2. The molecule has 1 rings (SSSR count). The molecular weight excluding hydrogens is 186 g/mol. The molecule has 1 unspecified atom stereocenters. The molecule has 2 N–H and O–H groups in total. The van der Waals surface area contributed by atoms with E-state index in [-0.39, 0.29) is 6.10 Å². The summed E-state index contributed by atoms with van der Waals surface area (Å²) < 4.78 is 5.27. The number of carboxylic acid groups (broad SMARTS) is 1. The number of carbonyl (C=O) groups excluding carboxylic acids is 1. The maximum atomic E-state index is 11.0. The molecule has 5 heteroatoms. The van der Waals surface area contributed by atoms with Crippen molar-refractivity contribution < 1.29 is 19.4 Å². The van der Waals surface area contributed by atoms with E-state index >= 15 is 0 Å². The average molecular weight is 199 g/mol. The lowest BCUT2D eigenvalue weighted by Crippen LogP contribution is -2.30. The highest BCUT2D eigenvalue weighted by Crippen LogP contribution is 2.10. The molecule has 78 valence electrons. The van der Waals surface area contributed by atoms with E-state index in [1.807, 2.05) is 0 Å². The molecule has 1 aliphatic heterocycles. The van der Waals surface area contributed by atoms with Gasteiger partial charge in [-0.15, -0.1) is 0 Å². The molecule has 0 bridgehead atoms. The standard InChI is InChI=1S/C9H13NO4/c11-8(3-4-9(12)13)10-6-7-2-1-5-14-7/h3-4,7H,1-2,5-6H2,(H,10,11)(H,12,13)/b4-3+. The van der Waals surface area contributed by atoms with Crippen LogP contribution in [0.15, 0.2) is 12.2 Å². The van der Waals surface area contributed by atoms with Crippen LogP contribution in [0, 0.1) is 0 Å². The first-order valence-electron chi connectivity index (χ1n) is 4.49. The van der Waals surface area contributed by atoms with Crippen LogP contribution in [0.4, 0.5) is 0 Å². The fraction of sp³-hybridized carbons (Fsp3) is 0.556. The third-order valence-electron chi connectivity index (χ3n) is 1.91. The van der Waals surface area contributed by atoms with Crippen molar-refractivity contribution in [1.82, 2.24) is 5.32 Å². The van der Waals surface area contributed by atoms with Crippen LogP contribution in [-0.4, -0.2) is 36.2 Å². The topological polar surface area (TPSA) is 75.6 Å². The lowest BCUT2D eigenvalue weighted by Gasteiger charge is -2.08. The maximum absolute atomic E-state index is 11.0. The normalized spacial score (nSPS) is 21.3. The monoisotopic (exact) mass is 199 g/mol. The maximum Gasteiger partial charge on any atom is 0.328 e. The number of amides is 1. The number of ether oxygens (including phenoxy) is 1. The smallest absolute Gasteiger partial charge is 0.328 e. The van der Waals surface area contributed by atoms with Gasteiger partial charge < -0.3 is 15.2 Å². The molecule has 0 spiro atoms. The van der Waals surface area contributed by atoms with Gasteiger partial charge in [-0.05, 0) is 12.8 Å². The van der Waals surface area contributed by atoms with E-state index in [1.165, 1.54) is 0 Å². The minimum Gasteiger partial charge on any atom is -0.478 e. The summed E-state index contributed by atoms with van der Waals surface area (Å²) in [7, 11) is 0. The molecule has 1 heterocycles. The minimum atomic E-state index is -1.13. The minimum absolute atomic E-state index is 0.0807. The number of carbonyl (C=O) groups is 2. The molecule has 0 aliphatic carbocycles. The number of nitrogens with one attached hydrogen (secondary N) is 1. The summed E-state index contributed by atoms with van der Waals surface area (Å²) >= 11 is 0. The van der Waals surface area contributed by atoms with Crippen molar-refractivity contribution in [3.63, 3.8) is 0 Å². The van der Waals surface area contributed by atoms with Gasteiger partial charge in [0.1, 0.15) is 0 Å². The first kappa shape index (κ1) is 10.7. The Bertz CT molecular complexity index is 243. The summed E-state index contributed by atoms with van der Waals surface area (Å²) in [4.78, 5) is 21.1. The highest BCUT2D eigenvalue weighted by atomic mass is 16.5. The van der Waals surface area contributed by atoms with Crippen LogP contribution in [0.25, 0.3) is 0 Å². The van der Waals surface area contributed by atoms with Gasteiger partial charge in [-0.3, -0.25) is 4.79 Å². The van der Waals surface area contributed by atoms with Crippen molar-refractivity contribution in [2.24, 2.45) is 0 Å². The van der Waals surface area contributed by atoms with E-state index in [1.54, 1.807) is 0 Å². The zero-order chi connectivity index (χ0) is 10.4. The summed E-state index contributed by atoms with van der Waals surface area (Å²) in [5.74, 6) is -1.53. The molecular formula is C9H13NO4. The van der Waals surface area contributed by atoms with Crippen LogP contribution in [-0.2, 0) is 14.3 Å². The third-order valence-corrected chi connectivity index (χ3v) is 1.91. The predicted molar refractivity (Wildman–Crippen MR) is 48.8 cm³/mol. The van der Waals surface area contributed by atoms with Crippen LogP contribution >= 0.6 is 0 Å². The highest BCUT2D eigenvalue weighted by molar-refractivity contribution is 5.93. The van der Waals surface area contributed by atoms with Crippen molar-refractivity contribution in [3.05, 3.63) is 12.2 Å². The molecule has 1 atom stereocenters. The van der Waals surface area contributed by atoms with Gasteiger partial charge in [0.05, 0.1) is 6.10 Å². The van der Waals surface area contributed by atoms with E-state index in [9.17, 15) is 9.59 Å². The van der Waals surface area contributed by atoms with Gasteiger partial charge in [0.2, 0.25) is 5.91 Å². The van der Waals surface area contributed by atoms with Crippen LogP contribution in [0.3, 0.4) is 0 Å². The van der Waals surface area contributed by atoms with Crippen molar-refractivity contribution in [1.29, 1.82) is 0 Å². The Kier molecular flexibility index (Phi) is 4.12. The zero-order valence-corrected chi connectivity index (χ0v) is 7.73. The molecule has 1 amide bonds. The Morgan fingerprint density at radius 3 is 2.86 bits per heavy atom. The highest BCUT2D eigenvalue weighted by Gasteiger charge is 2.15. The number of aliphatic carboxylic acids is 1. The predicted octanol–water partition coefficient (Wildman–Crippen LogP) is -0.0776. The SMILES string of the molecule is O=C(O)/C=C/C(=O)NCC1CCCO1. The Labute approximate surface area is 81.7 Å². The molecule has 1 fully saturated rings. The van der Waals surface area contributed by atoms with Gasteiger partial charge in [0, 0.05) is 25.3 Å². The fourth-order valence-corrected chi connectivity index (χ4v) is 1.23. The van der Waals surface area contributed by atoms with Crippen LogP contribution in [0.1, 0.15) is 12.8 Å². The number of hydrogen-bond acceptors (Lipinski definition) is 3. The van der Waals surface area contributed by atoms with Crippen LogP contribution in [0.2, 0.25) is 0 Å². The van der Waals surface area contributed by atoms with Gasteiger partial charge in [0.15, 0.2) is 0 Å². The second-order valence-corrected chi connectivity index (χ2v) is 3.05. The van der Waals surface area contributed by atoms with E-state index < -0.39 is 11.9 Å². The molecule has 1 saturated heterocycles. The first-order valence-corrected chi connectivity index (χ1v) is 4.49. The van der Waals surface area contributed by atoms with Gasteiger partial charge in [0.25, 0.3) is 0 Å². The number of carboxylic acids is 1. The summed E-state index contributed by atoms with van der Waals surface area (Å²) in [6, 6.07) is 0. The molecule has 0 radical (unpaired) electrons. The fourth-order valence-electron chi connectivity index (χ4n) is 1.23. The summed E-state index contributed by atoms with van der Waals surface area (Å²) in [5.41, 5.74) is 0. The van der Waals surface area contributed by atoms with Gasteiger partial charge >= 0.3 is 5.97 Å².